The van der Waals surface area contributed by atoms with Gasteiger partial charge in [0.05, 0.1) is 0 Å². The number of nitrogens with zero attached hydrogens (tertiary/aromatic N) is 1. The number of aliphatic hydroxyl groups excluding tert-OH is 1. The number of benzene rings is 2. The van der Waals surface area contributed by atoms with E-state index >= 15 is 0 Å². The lowest BCUT2D eigenvalue weighted by molar-refractivity contribution is -0.0633. The number of carbonyl (C=O) groups excluding carboxylic acids is 1. The summed E-state index contributed by atoms with van der Waals surface area (Å²) in [4.78, 5) is 13.0. The third kappa shape index (κ3) is 3.57. The van der Waals surface area contributed by atoms with Gasteiger partial charge in [0.25, 0.3) is 0 Å². The molecule has 1 aliphatic rings. The van der Waals surface area contributed by atoms with Crippen molar-refractivity contribution in [2.24, 2.45) is 5.73 Å². The van der Waals surface area contributed by atoms with Gasteiger partial charge >= 0.3 is 0 Å². The normalized spacial score (nSPS) is 23.1. The number of nitrogens with two attached hydrogens (primary N) is 1. The van der Waals surface area contributed by atoms with E-state index < -0.39 is 17.7 Å². The van der Waals surface area contributed by atoms with Gasteiger partial charge in [0.1, 0.15) is 6.23 Å². The minimum absolute atomic E-state index is 0.401. The third-order valence-corrected chi connectivity index (χ3v) is 4.46. The minimum Gasteiger partial charge on any atom is -0.374 e. The van der Waals surface area contributed by atoms with Crippen LogP contribution in [-0.4, -0.2) is 46.4 Å². The van der Waals surface area contributed by atoms with E-state index in [-0.39, 0.29) is 0 Å². The Bertz CT molecular complexity index is 868. The lowest BCUT2D eigenvalue weighted by Gasteiger charge is -2.22. The van der Waals surface area contributed by atoms with E-state index in [1.54, 1.807) is 30.1 Å². The Morgan fingerprint density at radius 2 is 1.92 bits per heavy atom. The molecule has 3 rings (SSSR count). The SMILES string of the molecule is CN1CC[C@@](O)(C#Cc2cccc(-c3cccc(C(N)=O)c3)c2)C1O. The fourth-order valence-corrected chi connectivity index (χ4v) is 2.90. The summed E-state index contributed by atoms with van der Waals surface area (Å²) in [7, 11) is 1.75. The highest BCUT2D eigenvalue weighted by Gasteiger charge is 2.42. The van der Waals surface area contributed by atoms with E-state index in [1.807, 2.05) is 30.3 Å². The van der Waals surface area contributed by atoms with Crippen LogP contribution in [0.1, 0.15) is 22.3 Å². The summed E-state index contributed by atoms with van der Waals surface area (Å²) in [5, 5.41) is 20.5. The highest BCUT2D eigenvalue weighted by molar-refractivity contribution is 5.94. The number of likely N-dealkylation sites (tertiary alicyclic amines) is 1. The van der Waals surface area contributed by atoms with Gasteiger partial charge in [0, 0.05) is 24.1 Å². The first-order chi connectivity index (χ1) is 11.9. The Labute approximate surface area is 146 Å². The molecule has 0 aliphatic carbocycles. The Balaban J connectivity index is 1.90. The first-order valence-electron chi connectivity index (χ1n) is 8.03. The molecule has 0 saturated carbocycles. The topological polar surface area (TPSA) is 86.8 Å². The van der Waals surface area contributed by atoms with E-state index in [1.165, 1.54) is 0 Å². The lowest BCUT2D eigenvalue weighted by Crippen LogP contribution is -2.42. The van der Waals surface area contributed by atoms with Gasteiger partial charge in [-0.1, -0.05) is 36.1 Å². The zero-order valence-corrected chi connectivity index (χ0v) is 13.9. The van der Waals surface area contributed by atoms with Gasteiger partial charge in [-0.3, -0.25) is 9.69 Å². The standard InChI is InChI=1S/C20H20N2O3/c1-22-11-10-20(25,19(22)24)9-8-14-4-2-5-15(12-14)16-6-3-7-17(13-16)18(21)23/h2-7,12-13,19,24-25H,10-11H2,1H3,(H2,21,23)/t19?,20-/m0/s1. The van der Waals surface area contributed by atoms with Gasteiger partial charge in [0.15, 0.2) is 5.60 Å². The predicted molar refractivity (Wildman–Crippen MR) is 95.5 cm³/mol. The number of hydrogen-bond acceptors (Lipinski definition) is 4. The van der Waals surface area contributed by atoms with Crippen molar-refractivity contribution in [1.82, 2.24) is 4.90 Å². The Morgan fingerprint density at radius 3 is 2.56 bits per heavy atom. The minimum atomic E-state index is -1.42. The van der Waals surface area contributed by atoms with E-state index in [2.05, 4.69) is 11.8 Å². The number of likely N-dealkylation sites (N-methyl/N-ethyl adjacent to an activating group) is 1. The monoisotopic (exact) mass is 336 g/mol. The molecule has 0 radical (unpaired) electrons. The highest BCUT2D eigenvalue weighted by atomic mass is 16.4. The quantitative estimate of drug-likeness (QED) is 0.719. The highest BCUT2D eigenvalue weighted by Crippen LogP contribution is 2.25. The largest absolute Gasteiger partial charge is 0.374 e. The molecule has 0 aromatic heterocycles. The van der Waals surface area contributed by atoms with Crippen LogP contribution in [0.4, 0.5) is 0 Å². The fourth-order valence-electron chi connectivity index (χ4n) is 2.90. The van der Waals surface area contributed by atoms with E-state index in [4.69, 9.17) is 5.73 Å². The van der Waals surface area contributed by atoms with Crippen molar-refractivity contribution < 1.29 is 15.0 Å². The van der Waals surface area contributed by atoms with Gasteiger partial charge in [-0.05, 0) is 42.4 Å². The third-order valence-electron chi connectivity index (χ3n) is 4.46. The molecule has 1 unspecified atom stereocenters. The van der Waals surface area contributed by atoms with Crippen molar-refractivity contribution in [2.75, 3.05) is 13.6 Å². The summed E-state index contributed by atoms with van der Waals surface area (Å²) >= 11 is 0. The zero-order valence-electron chi connectivity index (χ0n) is 13.9. The zero-order chi connectivity index (χ0) is 18.0. The van der Waals surface area contributed by atoms with Crippen LogP contribution in [0.3, 0.4) is 0 Å². The molecule has 1 heterocycles. The Kier molecular flexibility index (Phi) is 4.60. The summed E-state index contributed by atoms with van der Waals surface area (Å²) in [6.45, 7) is 0.590. The maximum Gasteiger partial charge on any atom is 0.248 e. The van der Waals surface area contributed by atoms with Crippen LogP contribution in [0.5, 0.6) is 0 Å². The smallest absolute Gasteiger partial charge is 0.248 e. The molecule has 5 heteroatoms. The van der Waals surface area contributed by atoms with Crippen molar-refractivity contribution in [3.05, 3.63) is 59.7 Å². The fraction of sp³-hybridized carbons (Fsp3) is 0.250. The molecule has 2 atom stereocenters. The lowest BCUT2D eigenvalue weighted by atomic mass is 9.99. The van der Waals surface area contributed by atoms with Gasteiger partial charge in [-0.25, -0.2) is 0 Å². The number of hydrogen-bond donors (Lipinski definition) is 3. The molecular formula is C20H20N2O3. The van der Waals surface area contributed by atoms with Gasteiger partial charge in [0.2, 0.25) is 5.91 Å². The molecule has 128 valence electrons. The van der Waals surface area contributed by atoms with Crippen LogP contribution in [-0.2, 0) is 0 Å². The van der Waals surface area contributed by atoms with Gasteiger partial charge < -0.3 is 15.9 Å². The van der Waals surface area contributed by atoms with Gasteiger partial charge in [-0.2, -0.15) is 0 Å². The molecule has 0 spiro atoms. The Morgan fingerprint density at radius 1 is 1.24 bits per heavy atom. The van der Waals surface area contributed by atoms with E-state index in [0.29, 0.717) is 18.5 Å². The maximum absolute atomic E-state index is 11.3. The van der Waals surface area contributed by atoms with Crippen molar-refractivity contribution >= 4 is 5.91 Å². The molecule has 5 nitrogen and oxygen atoms in total. The van der Waals surface area contributed by atoms with Crippen molar-refractivity contribution in [1.29, 1.82) is 0 Å². The summed E-state index contributed by atoms with van der Waals surface area (Å²) in [5.41, 5.74) is 6.83. The number of aliphatic hydroxyl groups is 2. The number of primary amides is 1. The van der Waals surface area contributed by atoms with Crippen LogP contribution in [0.25, 0.3) is 11.1 Å². The van der Waals surface area contributed by atoms with E-state index in [0.717, 1.165) is 16.7 Å². The first kappa shape index (κ1) is 17.2. The van der Waals surface area contributed by atoms with Crippen molar-refractivity contribution in [3.63, 3.8) is 0 Å². The van der Waals surface area contributed by atoms with Crippen LogP contribution in [0, 0.1) is 11.8 Å². The summed E-state index contributed by atoms with van der Waals surface area (Å²) in [6, 6.07) is 14.6. The molecule has 1 saturated heterocycles. The number of rotatable bonds is 2. The maximum atomic E-state index is 11.3. The predicted octanol–water partition coefficient (Wildman–Crippen LogP) is 1.19. The summed E-state index contributed by atoms with van der Waals surface area (Å²) in [6.07, 6.45) is -0.590. The second-order valence-electron chi connectivity index (χ2n) is 6.30. The van der Waals surface area contributed by atoms with Crippen LogP contribution >= 0.6 is 0 Å². The van der Waals surface area contributed by atoms with Crippen LogP contribution in [0.15, 0.2) is 48.5 Å². The van der Waals surface area contributed by atoms with Crippen molar-refractivity contribution in [2.45, 2.75) is 18.2 Å². The molecule has 1 aliphatic heterocycles. The Hall–Kier alpha value is -2.65. The van der Waals surface area contributed by atoms with Crippen LogP contribution < -0.4 is 5.73 Å². The summed E-state index contributed by atoms with van der Waals surface area (Å²) in [5.74, 6) is 5.28. The van der Waals surface area contributed by atoms with Gasteiger partial charge in [-0.15, -0.1) is 0 Å². The molecule has 1 fully saturated rings. The first-order valence-corrected chi connectivity index (χ1v) is 8.03. The average molecular weight is 336 g/mol. The molecular weight excluding hydrogens is 316 g/mol. The second kappa shape index (κ2) is 6.69. The van der Waals surface area contributed by atoms with Crippen molar-refractivity contribution in [3.8, 4) is 23.0 Å². The summed E-state index contributed by atoms with van der Waals surface area (Å²) < 4.78 is 0. The molecule has 2 aromatic carbocycles. The molecule has 4 N–H and O–H groups in total. The molecule has 0 bridgehead atoms. The van der Waals surface area contributed by atoms with E-state index in [9.17, 15) is 15.0 Å². The average Bonchev–Trinajstić information content (AvgIpc) is 2.88. The molecule has 2 aromatic rings. The number of amides is 1. The molecule has 25 heavy (non-hydrogen) atoms. The number of carbonyl (C=O) groups is 1. The molecule has 1 amide bonds. The second-order valence-corrected chi connectivity index (χ2v) is 6.30. The van der Waals surface area contributed by atoms with Crippen LogP contribution in [0.2, 0.25) is 0 Å².